The molecule has 2 N–H and O–H groups in total. The minimum Gasteiger partial charge on any atom is -0.465 e. The van der Waals surface area contributed by atoms with E-state index in [1.54, 1.807) is 6.07 Å². The van der Waals surface area contributed by atoms with E-state index in [4.69, 9.17) is 10.5 Å². The molecule has 0 bridgehead atoms. The molecular weight excluding hydrogens is 299 g/mol. The average Bonchev–Trinajstić information content (AvgIpc) is 2.41. The lowest BCUT2D eigenvalue weighted by molar-refractivity contribution is 0.0600. The predicted molar refractivity (Wildman–Crippen MR) is 84.8 cm³/mol. The number of piperidine rings is 1. The molecule has 0 saturated carbocycles. The van der Waals surface area contributed by atoms with Crippen molar-refractivity contribution >= 4 is 30.8 Å². The van der Waals surface area contributed by atoms with Crippen LogP contribution in [0.2, 0.25) is 0 Å². The van der Waals surface area contributed by atoms with Crippen LogP contribution in [0.4, 0.5) is 0 Å². The molecule has 0 unspecified atom stereocenters. The molecule has 0 atom stereocenters. The summed E-state index contributed by atoms with van der Waals surface area (Å²) in [7, 11) is 1.40. The van der Waals surface area contributed by atoms with Gasteiger partial charge in [0, 0.05) is 12.6 Å². The zero-order valence-corrected chi connectivity index (χ0v) is 13.2. The summed E-state index contributed by atoms with van der Waals surface area (Å²) < 4.78 is 4.73. The second-order valence-electron chi connectivity index (χ2n) is 4.81. The van der Waals surface area contributed by atoms with Crippen LogP contribution in [-0.4, -0.2) is 37.1 Å². The fourth-order valence-electron chi connectivity index (χ4n) is 2.28. The van der Waals surface area contributed by atoms with Crippen LogP contribution in [0.5, 0.6) is 0 Å². The normalized spacial score (nSPS) is 15.9. The summed E-state index contributed by atoms with van der Waals surface area (Å²) in [6, 6.07) is 7.97. The topological polar surface area (TPSA) is 55.6 Å². The lowest BCUT2D eigenvalue weighted by Gasteiger charge is -2.30. The first-order valence-electron chi connectivity index (χ1n) is 6.34. The van der Waals surface area contributed by atoms with Crippen molar-refractivity contribution in [2.24, 2.45) is 5.73 Å². The molecule has 0 spiro atoms. The first-order valence-corrected chi connectivity index (χ1v) is 6.34. The number of carbonyl (C=O) groups excluding carboxylic acids is 1. The molecule has 1 aromatic carbocycles. The molecule has 4 nitrogen and oxygen atoms in total. The molecular formula is C14H22Cl2N2O2. The minimum absolute atomic E-state index is 0. The van der Waals surface area contributed by atoms with Crippen molar-refractivity contribution in [3.63, 3.8) is 0 Å². The molecule has 1 aliphatic heterocycles. The second-order valence-corrected chi connectivity index (χ2v) is 4.81. The van der Waals surface area contributed by atoms with Gasteiger partial charge in [-0.25, -0.2) is 4.79 Å². The van der Waals surface area contributed by atoms with Crippen molar-refractivity contribution in [3.8, 4) is 0 Å². The van der Waals surface area contributed by atoms with Crippen LogP contribution >= 0.6 is 24.8 Å². The Morgan fingerprint density at radius 2 is 2.00 bits per heavy atom. The molecule has 0 aliphatic carbocycles. The number of nitrogens with two attached hydrogens (primary N) is 1. The number of methoxy groups -OCH3 is 1. The van der Waals surface area contributed by atoms with E-state index in [0.717, 1.165) is 38.0 Å². The summed E-state index contributed by atoms with van der Waals surface area (Å²) in [6.07, 6.45) is 2.10. The number of halogens is 2. The lowest BCUT2D eigenvalue weighted by atomic mass is 10.0. The molecule has 20 heavy (non-hydrogen) atoms. The van der Waals surface area contributed by atoms with Crippen LogP contribution in [0.15, 0.2) is 24.3 Å². The highest BCUT2D eigenvalue weighted by Gasteiger charge is 2.16. The maximum atomic E-state index is 11.4. The summed E-state index contributed by atoms with van der Waals surface area (Å²) in [6.45, 7) is 2.94. The maximum absolute atomic E-state index is 11.4. The van der Waals surface area contributed by atoms with Crippen LogP contribution in [-0.2, 0) is 11.3 Å². The van der Waals surface area contributed by atoms with Crippen molar-refractivity contribution in [1.29, 1.82) is 0 Å². The van der Waals surface area contributed by atoms with Gasteiger partial charge in [0.25, 0.3) is 0 Å². The Hall–Kier alpha value is -0.810. The molecule has 1 aliphatic rings. The second kappa shape index (κ2) is 9.19. The molecule has 0 radical (unpaired) electrons. The fraction of sp³-hybridized carbons (Fsp3) is 0.500. The quantitative estimate of drug-likeness (QED) is 0.868. The van der Waals surface area contributed by atoms with Gasteiger partial charge in [0.2, 0.25) is 0 Å². The van der Waals surface area contributed by atoms with Crippen LogP contribution < -0.4 is 5.73 Å². The first-order chi connectivity index (χ1) is 8.69. The van der Waals surface area contributed by atoms with Gasteiger partial charge in [-0.15, -0.1) is 24.8 Å². The third kappa shape index (κ3) is 5.29. The van der Waals surface area contributed by atoms with E-state index < -0.39 is 0 Å². The van der Waals surface area contributed by atoms with E-state index in [-0.39, 0.29) is 30.8 Å². The highest BCUT2D eigenvalue weighted by atomic mass is 35.5. The molecule has 1 heterocycles. The smallest absolute Gasteiger partial charge is 0.337 e. The number of ether oxygens (including phenoxy) is 1. The van der Waals surface area contributed by atoms with Gasteiger partial charge < -0.3 is 10.5 Å². The molecule has 0 aromatic heterocycles. The Bertz CT molecular complexity index is 421. The number of nitrogens with zero attached hydrogens (tertiary/aromatic N) is 1. The average molecular weight is 321 g/mol. The molecule has 6 heteroatoms. The van der Waals surface area contributed by atoms with E-state index in [1.807, 2.05) is 18.2 Å². The largest absolute Gasteiger partial charge is 0.465 e. The van der Waals surface area contributed by atoms with Crippen LogP contribution in [0.3, 0.4) is 0 Å². The molecule has 1 fully saturated rings. The zero-order chi connectivity index (χ0) is 13.0. The first kappa shape index (κ1) is 19.2. The number of esters is 1. The Morgan fingerprint density at radius 3 is 2.60 bits per heavy atom. The van der Waals surface area contributed by atoms with Gasteiger partial charge >= 0.3 is 5.97 Å². The van der Waals surface area contributed by atoms with Gasteiger partial charge in [-0.1, -0.05) is 12.1 Å². The lowest BCUT2D eigenvalue weighted by Crippen LogP contribution is -2.39. The van der Waals surface area contributed by atoms with Crippen LogP contribution in [0.25, 0.3) is 0 Å². The molecule has 1 saturated heterocycles. The van der Waals surface area contributed by atoms with Crippen molar-refractivity contribution in [1.82, 2.24) is 4.90 Å². The summed E-state index contributed by atoms with van der Waals surface area (Å²) in [5.41, 5.74) is 7.65. The summed E-state index contributed by atoms with van der Waals surface area (Å²) in [4.78, 5) is 13.8. The van der Waals surface area contributed by atoms with Gasteiger partial charge in [0.1, 0.15) is 0 Å². The minimum atomic E-state index is -0.280. The SMILES string of the molecule is COC(=O)c1cccc(CN2CCC(N)CC2)c1.Cl.Cl. The predicted octanol–water partition coefficient (Wildman–Crippen LogP) is 2.24. The monoisotopic (exact) mass is 320 g/mol. The van der Waals surface area contributed by atoms with E-state index >= 15 is 0 Å². The number of benzene rings is 1. The number of likely N-dealkylation sites (tertiary alicyclic amines) is 1. The Kier molecular flexibility index (Phi) is 8.81. The summed E-state index contributed by atoms with van der Waals surface area (Å²) >= 11 is 0. The molecule has 114 valence electrons. The van der Waals surface area contributed by atoms with Gasteiger partial charge in [0.05, 0.1) is 12.7 Å². The van der Waals surface area contributed by atoms with Crippen LogP contribution in [0, 0.1) is 0 Å². The molecule has 0 amide bonds. The number of hydrogen-bond acceptors (Lipinski definition) is 4. The Labute approximate surface area is 132 Å². The highest BCUT2D eigenvalue weighted by Crippen LogP contribution is 2.14. The Morgan fingerprint density at radius 1 is 1.35 bits per heavy atom. The third-order valence-electron chi connectivity index (χ3n) is 3.39. The highest BCUT2D eigenvalue weighted by molar-refractivity contribution is 5.89. The van der Waals surface area contributed by atoms with E-state index in [0.29, 0.717) is 11.6 Å². The fourth-order valence-corrected chi connectivity index (χ4v) is 2.28. The third-order valence-corrected chi connectivity index (χ3v) is 3.39. The van der Waals surface area contributed by atoms with Gasteiger partial charge in [0.15, 0.2) is 0 Å². The van der Waals surface area contributed by atoms with Gasteiger partial charge in [-0.2, -0.15) is 0 Å². The van der Waals surface area contributed by atoms with E-state index in [9.17, 15) is 4.79 Å². The van der Waals surface area contributed by atoms with E-state index in [2.05, 4.69) is 4.90 Å². The van der Waals surface area contributed by atoms with E-state index in [1.165, 1.54) is 7.11 Å². The zero-order valence-electron chi connectivity index (χ0n) is 11.6. The summed E-state index contributed by atoms with van der Waals surface area (Å²) in [5.74, 6) is -0.280. The number of carbonyl (C=O) groups is 1. The maximum Gasteiger partial charge on any atom is 0.337 e. The van der Waals surface area contributed by atoms with Gasteiger partial charge in [-0.05, 0) is 43.6 Å². The molecule has 2 rings (SSSR count). The summed E-state index contributed by atoms with van der Waals surface area (Å²) in [5, 5.41) is 0. The standard InChI is InChI=1S/C14H20N2O2.2ClH/c1-18-14(17)12-4-2-3-11(9-12)10-16-7-5-13(15)6-8-16;;/h2-4,9,13H,5-8,10,15H2,1H3;2*1H. The number of hydrogen-bond donors (Lipinski definition) is 1. The van der Waals surface area contributed by atoms with Crippen molar-refractivity contribution in [2.45, 2.75) is 25.4 Å². The number of rotatable bonds is 3. The van der Waals surface area contributed by atoms with Crippen molar-refractivity contribution < 1.29 is 9.53 Å². The van der Waals surface area contributed by atoms with Crippen LogP contribution in [0.1, 0.15) is 28.8 Å². The van der Waals surface area contributed by atoms with Crippen molar-refractivity contribution in [2.75, 3.05) is 20.2 Å². The van der Waals surface area contributed by atoms with Gasteiger partial charge in [-0.3, -0.25) is 4.90 Å². The van der Waals surface area contributed by atoms with Crippen molar-refractivity contribution in [3.05, 3.63) is 35.4 Å². The molecule has 1 aromatic rings. The Balaban J connectivity index is 0.00000180.